The number of nitrogens with one attached hydrogen (secondary N) is 1. The predicted octanol–water partition coefficient (Wildman–Crippen LogP) is 4.58. The van der Waals surface area contributed by atoms with Crippen LogP contribution in [0.15, 0.2) is 59.5 Å². The Balaban J connectivity index is 1.81. The molecular weight excluding hydrogens is 440 g/mol. The minimum Gasteiger partial charge on any atom is -0.496 e. The summed E-state index contributed by atoms with van der Waals surface area (Å²) < 4.78 is 6.70. The highest BCUT2D eigenvalue weighted by atomic mass is 35.5. The molecule has 0 saturated carbocycles. The van der Waals surface area contributed by atoms with Crippen LogP contribution in [0.1, 0.15) is 52.1 Å². The van der Waals surface area contributed by atoms with E-state index in [0.717, 1.165) is 5.56 Å². The smallest absolute Gasteiger partial charge is 0.268 e. The summed E-state index contributed by atoms with van der Waals surface area (Å²) in [5.41, 5.74) is 1.41. The van der Waals surface area contributed by atoms with Gasteiger partial charge in [-0.15, -0.1) is 0 Å². The number of rotatable bonds is 5. The number of hydrogen-bond acceptors (Lipinski definition) is 4. The monoisotopic (exact) mass is 464 g/mol. The van der Waals surface area contributed by atoms with Crippen LogP contribution in [-0.4, -0.2) is 23.4 Å². The molecule has 1 aromatic heterocycles. The molecule has 1 heterocycles. The third-order valence-electron chi connectivity index (χ3n) is 5.88. The van der Waals surface area contributed by atoms with E-state index in [1.165, 1.54) is 4.57 Å². The van der Waals surface area contributed by atoms with Gasteiger partial charge in [0.05, 0.1) is 7.11 Å². The zero-order valence-electron chi connectivity index (χ0n) is 18.8. The van der Waals surface area contributed by atoms with Crippen LogP contribution in [0.2, 0.25) is 5.02 Å². The van der Waals surface area contributed by atoms with Crippen LogP contribution in [0, 0.1) is 5.41 Å². The zero-order chi connectivity index (χ0) is 23.8. The number of aromatic nitrogens is 1. The first-order valence-corrected chi connectivity index (χ1v) is 11.1. The van der Waals surface area contributed by atoms with Gasteiger partial charge < -0.3 is 10.1 Å². The van der Waals surface area contributed by atoms with Gasteiger partial charge in [0.2, 0.25) is 0 Å². The number of Topliss-reactive ketones (excluding diaryl/α,β-unsaturated/α-hetero) is 1. The molecule has 2 aromatic carbocycles. The minimum absolute atomic E-state index is 0.00141. The molecule has 0 fully saturated rings. The SMILES string of the molecule is COc1ccccc1CNC(=O)c1c2c(cn(-c3ccc(Cl)cc3)c1=O)C(=O)CC(C)(C)C2. The van der Waals surface area contributed by atoms with E-state index in [2.05, 4.69) is 5.32 Å². The van der Waals surface area contributed by atoms with Gasteiger partial charge in [-0.2, -0.15) is 0 Å². The zero-order valence-corrected chi connectivity index (χ0v) is 19.5. The second-order valence-corrected chi connectivity index (χ2v) is 9.42. The average Bonchev–Trinajstić information content (AvgIpc) is 2.77. The molecule has 0 unspecified atom stereocenters. The number of benzene rings is 2. The van der Waals surface area contributed by atoms with Crippen LogP contribution in [0.4, 0.5) is 0 Å². The number of nitrogens with zero attached hydrogens (tertiary/aromatic N) is 1. The summed E-state index contributed by atoms with van der Waals surface area (Å²) >= 11 is 6.00. The van der Waals surface area contributed by atoms with Gasteiger partial charge in [-0.05, 0) is 47.7 Å². The first-order valence-electron chi connectivity index (χ1n) is 10.7. The van der Waals surface area contributed by atoms with Gasteiger partial charge in [0.25, 0.3) is 11.5 Å². The lowest BCUT2D eigenvalue weighted by atomic mass is 9.73. The summed E-state index contributed by atoms with van der Waals surface area (Å²) in [5.74, 6) is 0.0430. The Morgan fingerprint density at radius 1 is 1.09 bits per heavy atom. The van der Waals surface area contributed by atoms with Gasteiger partial charge in [-0.1, -0.05) is 43.6 Å². The van der Waals surface area contributed by atoms with Crippen molar-refractivity contribution in [2.75, 3.05) is 7.11 Å². The van der Waals surface area contributed by atoms with E-state index in [9.17, 15) is 14.4 Å². The number of amides is 1. The largest absolute Gasteiger partial charge is 0.496 e. The molecule has 1 aliphatic carbocycles. The molecule has 3 aromatic rings. The normalized spacial score (nSPS) is 14.5. The lowest BCUT2D eigenvalue weighted by molar-refractivity contribution is 0.0909. The molecule has 0 radical (unpaired) electrons. The maximum Gasteiger partial charge on any atom is 0.268 e. The maximum absolute atomic E-state index is 13.6. The van der Waals surface area contributed by atoms with Gasteiger partial charge in [-0.3, -0.25) is 19.0 Å². The van der Waals surface area contributed by atoms with E-state index in [1.54, 1.807) is 43.6 Å². The Kier molecular flexibility index (Phi) is 6.13. The maximum atomic E-state index is 13.6. The van der Waals surface area contributed by atoms with E-state index < -0.39 is 11.5 Å². The lowest BCUT2D eigenvalue weighted by Crippen LogP contribution is -2.38. The Labute approximate surface area is 197 Å². The Morgan fingerprint density at radius 3 is 2.48 bits per heavy atom. The van der Waals surface area contributed by atoms with Crippen molar-refractivity contribution in [3.05, 3.63) is 92.4 Å². The Bertz CT molecular complexity index is 1290. The lowest BCUT2D eigenvalue weighted by Gasteiger charge is -2.31. The Morgan fingerprint density at radius 2 is 1.79 bits per heavy atom. The second kappa shape index (κ2) is 8.87. The van der Waals surface area contributed by atoms with Crippen molar-refractivity contribution in [3.63, 3.8) is 0 Å². The molecule has 0 saturated heterocycles. The van der Waals surface area contributed by atoms with Gasteiger partial charge in [0.15, 0.2) is 5.78 Å². The minimum atomic E-state index is -0.518. The number of halogens is 1. The van der Waals surface area contributed by atoms with Gasteiger partial charge >= 0.3 is 0 Å². The predicted molar refractivity (Wildman–Crippen MR) is 128 cm³/mol. The molecule has 0 spiro atoms. The summed E-state index contributed by atoms with van der Waals surface area (Å²) in [4.78, 5) is 39.9. The van der Waals surface area contributed by atoms with E-state index in [-0.39, 0.29) is 23.3 Å². The van der Waals surface area contributed by atoms with Crippen molar-refractivity contribution in [2.45, 2.75) is 33.2 Å². The van der Waals surface area contributed by atoms with Crippen LogP contribution in [0.5, 0.6) is 5.75 Å². The molecule has 0 aliphatic heterocycles. The summed E-state index contributed by atoms with van der Waals surface area (Å²) in [7, 11) is 1.56. The van der Waals surface area contributed by atoms with Crippen LogP contribution < -0.4 is 15.6 Å². The molecular formula is C26H25ClN2O4. The Hall–Kier alpha value is -3.38. The highest BCUT2D eigenvalue weighted by molar-refractivity contribution is 6.30. The number of methoxy groups -OCH3 is 1. The topological polar surface area (TPSA) is 77.4 Å². The molecule has 1 N–H and O–H groups in total. The first-order chi connectivity index (χ1) is 15.7. The second-order valence-electron chi connectivity index (χ2n) is 8.98. The summed E-state index contributed by atoms with van der Waals surface area (Å²) in [5, 5.41) is 3.37. The number of ketones is 1. The third-order valence-corrected chi connectivity index (χ3v) is 6.13. The molecule has 4 rings (SSSR count). The molecule has 1 aliphatic rings. The number of pyridine rings is 1. The third kappa shape index (κ3) is 4.57. The van der Waals surface area contributed by atoms with Crippen LogP contribution >= 0.6 is 11.6 Å². The van der Waals surface area contributed by atoms with Gasteiger partial charge in [0, 0.05) is 41.0 Å². The van der Waals surface area contributed by atoms with E-state index in [1.807, 2.05) is 32.0 Å². The summed E-state index contributed by atoms with van der Waals surface area (Å²) in [6.07, 6.45) is 2.36. The number of para-hydroxylation sites is 1. The van der Waals surface area contributed by atoms with Crippen molar-refractivity contribution in [2.24, 2.45) is 5.41 Å². The highest BCUT2D eigenvalue weighted by Crippen LogP contribution is 2.36. The van der Waals surface area contributed by atoms with E-state index >= 15 is 0 Å². The first kappa shape index (κ1) is 22.8. The standard InChI is InChI=1S/C26H25ClN2O4/c1-26(2)12-19-20(21(30)13-26)15-29(18-10-8-17(27)9-11-18)25(32)23(19)24(31)28-14-16-6-4-5-7-22(16)33-3/h4-11,15H,12-14H2,1-3H3,(H,28,31). The molecule has 0 bridgehead atoms. The fraction of sp³-hybridized carbons (Fsp3) is 0.269. The van der Waals surface area contributed by atoms with Crippen LogP contribution in [0.3, 0.4) is 0 Å². The number of ether oxygens (including phenoxy) is 1. The fourth-order valence-electron chi connectivity index (χ4n) is 4.29. The van der Waals surface area contributed by atoms with Crippen molar-refractivity contribution in [1.82, 2.24) is 9.88 Å². The van der Waals surface area contributed by atoms with Crippen LogP contribution in [-0.2, 0) is 13.0 Å². The fourth-order valence-corrected chi connectivity index (χ4v) is 4.41. The molecule has 1 amide bonds. The number of carbonyl (C=O) groups is 2. The summed E-state index contributed by atoms with van der Waals surface area (Å²) in [6, 6.07) is 14.0. The number of hydrogen-bond donors (Lipinski definition) is 1. The van der Waals surface area contributed by atoms with Crippen molar-refractivity contribution < 1.29 is 14.3 Å². The van der Waals surface area contributed by atoms with Crippen molar-refractivity contribution in [1.29, 1.82) is 0 Å². The van der Waals surface area contributed by atoms with E-state index in [0.29, 0.717) is 40.4 Å². The molecule has 6 nitrogen and oxygen atoms in total. The molecule has 33 heavy (non-hydrogen) atoms. The average molecular weight is 465 g/mol. The summed E-state index contributed by atoms with van der Waals surface area (Å²) in [6.45, 7) is 4.12. The van der Waals surface area contributed by atoms with E-state index in [4.69, 9.17) is 16.3 Å². The van der Waals surface area contributed by atoms with Crippen LogP contribution in [0.25, 0.3) is 5.69 Å². The van der Waals surface area contributed by atoms with Crippen molar-refractivity contribution >= 4 is 23.3 Å². The molecule has 170 valence electrons. The molecule has 0 atom stereocenters. The number of carbonyl (C=O) groups excluding carboxylic acids is 2. The molecule has 7 heteroatoms. The highest BCUT2D eigenvalue weighted by Gasteiger charge is 2.36. The van der Waals surface area contributed by atoms with Gasteiger partial charge in [0.1, 0.15) is 11.3 Å². The van der Waals surface area contributed by atoms with Crippen molar-refractivity contribution in [3.8, 4) is 11.4 Å². The van der Waals surface area contributed by atoms with Gasteiger partial charge in [-0.25, -0.2) is 0 Å². The quantitative estimate of drug-likeness (QED) is 0.599. The number of fused-ring (bicyclic) bond motifs is 1.